The lowest BCUT2D eigenvalue weighted by atomic mass is 10.2. The van der Waals surface area contributed by atoms with Crippen molar-refractivity contribution in [1.29, 1.82) is 0 Å². The highest BCUT2D eigenvalue weighted by atomic mass is 32.2. The highest BCUT2D eigenvalue weighted by Crippen LogP contribution is 2.26. The lowest BCUT2D eigenvalue weighted by Crippen LogP contribution is -1.98. The Bertz CT molecular complexity index is 689. The molecule has 0 atom stereocenters. The molecule has 0 amide bonds. The third-order valence-corrected chi connectivity index (χ3v) is 4.33. The normalized spacial score (nSPS) is 11.1. The van der Waals surface area contributed by atoms with Gasteiger partial charge in [-0.15, -0.1) is 0 Å². The second-order valence-electron chi connectivity index (χ2n) is 4.81. The minimum atomic E-state index is 0.966. The van der Waals surface area contributed by atoms with Gasteiger partial charge in [0.15, 0.2) is 5.16 Å². The maximum atomic E-state index is 4.77. The smallest absolute Gasteiger partial charge is 0.169 e. The third kappa shape index (κ3) is 2.73. The van der Waals surface area contributed by atoms with E-state index in [4.69, 9.17) is 4.98 Å². The van der Waals surface area contributed by atoms with Gasteiger partial charge in [0, 0.05) is 12.3 Å². The van der Waals surface area contributed by atoms with Crippen LogP contribution in [-0.4, -0.2) is 9.55 Å². The Balaban J connectivity index is 1.88. The van der Waals surface area contributed by atoms with Gasteiger partial charge in [0.25, 0.3) is 0 Å². The van der Waals surface area contributed by atoms with Crippen LogP contribution >= 0.6 is 11.8 Å². The molecule has 2 nitrogen and oxygen atoms in total. The summed E-state index contributed by atoms with van der Waals surface area (Å²) in [7, 11) is 0. The maximum Gasteiger partial charge on any atom is 0.169 e. The number of benzene rings is 2. The summed E-state index contributed by atoms with van der Waals surface area (Å²) in [6.45, 7) is 3.23. The first-order valence-corrected chi connectivity index (χ1v) is 7.99. The number of para-hydroxylation sites is 2. The third-order valence-electron chi connectivity index (χ3n) is 3.28. The van der Waals surface area contributed by atoms with Gasteiger partial charge in [-0.05, 0) is 24.1 Å². The second-order valence-corrected chi connectivity index (χ2v) is 5.75. The van der Waals surface area contributed by atoms with E-state index in [9.17, 15) is 0 Å². The molecule has 0 spiro atoms. The van der Waals surface area contributed by atoms with Gasteiger partial charge in [0.05, 0.1) is 11.0 Å². The number of hydrogen-bond donors (Lipinski definition) is 0. The van der Waals surface area contributed by atoms with E-state index in [1.807, 2.05) is 11.8 Å². The summed E-state index contributed by atoms with van der Waals surface area (Å²) in [5, 5.41) is 1.12. The Kier molecular flexibility index (Phi) is 4.07. The van der Waals surface area contributed by atoms with Crippen LogP contribution in [0.15, 0.2) is 59.8 Å². The van der Waals surface area contributed by atoms with Gasteiger partial charge in [-0.2, -0.15) is 0 Å². The summed E-state index contributed by atoms with van der Waals surface area (Å²) in [5.41, 5.74) is 3.68. The average Bonchev–Trinajstić information content (AvgIpc) is 2.85. The second kappa shape index (κ2) is 6.14. The van der Waals surface area contributed by atoms with Crippen LogP contribution in [-0.2, 0) is 12.3 Å². The number of imidazole rings is 1. The molecular formula is C17H18N2S. The van der Waals surface area contributed by atoms with E-state index in [2.05, 4.69) is 66.1 Å². The van der Waals surface area contributed by atoms with Crippen molar-refractivity contribution in [2.75, 3.05) is 0 Å². The van der Waals surface area contributed by atoms with Gasteiger partial charge in [-0.3, -0.25) is 0 Å². The van der Waals surface area contributed by atoms with Crippen molar-refractivity contribution in [2.24, 2.45) is 0 Å². The molecule has 3 aromatic rings. The zero-order valence-corrected chi connectivity index (χ0v) is 12.4. The zero-order valence-electron chi connectivity index (χ0n) is 11.6. The molecule has 0 aliphatic rings. The first-order chi connectivity index (χ1) is 9.88. The molecule has 0 bridgehead atoms. The number of fused-ring (bicyclic) bond motifs is 1. The molecule has 0 saturated carbocycles. The Hall–Kier alpha value is -1.74. The standard InChI is InChI=1S/C17H18N2S/c1-2-12-19-16-11-7-6-10-15(16)18-17(19)20-13-14-8-4-3-5-9-14/h3-11H,2,12-13H2,1H3. The first kappa shape index (κ1) is 13.3. The lowest BCUT2D eigenvalue weighted by Gasteiger charge is -2.07. The maximum absolute atomic E-state index is 4.77. The van der Waals surface area contributed by atoms with E-state index in [0.29, 0.717) is 0 Å². The van der Waals surface area contributed by atoms with Crippen molar-refractivity contribution in [3.05, 3.63) is 60.2 Å². The first-order valence-electron chi connectivity index (χ1n) is 7.00. The summed E-state index contributed by atoms with van der Waals surface area (Å²) < 4.78 is 2.34. The summed E-state index contributed by atoms with van der Waals surface area (Å²) in [4.78, 5) is 4.77. The molecule has 0 aliphatic carbocycles. The number of thioether (sulfide) groups is 1. The van der Waals surface area contributed by atoms with Crippen LogP contribution in [0.3, 0.4) is 0 Å². The molecule has 0 unspecified atom stereocenters. The van der Waals surface area contributed by atoms with Crippen LogP contribution in [0.25, 0.3) is 11.0 Å². The van der Waals surface area contributed by atoms with Crippen LogP contribution in [0.2, 0.25) is 0 Å². The van der Waals surface area contributed by atoms with Crippen LogP contribution in [0, 0.1) is 0 Å². The van der Waals surface area contributed by atoms with Gasteiger partial charge in [0.2, 0.25) is 0 Å². The molecule has 0 saturated heterocycles. The lowest BCUT2D eigenvalue weighted by molar-refractivity contribution is 0.638. The highest BCUT2D eigenvalue weighted by molar-refractivity contribution is 7.98. The van der Waals surface area contributed by atoms with Gasteiger partial charge in [0.1, 0.15) is 0 Å². The fourth-order valence-corrected chi connectivity index (χ4v) is 3.32. The Morgan fingerprint density at radius 1 is 1.00 bits per heavy atom. The van der Waals surface area contributed by atoms with E-state index in [1.165, 1.54) is 11.1 Å². The van der Waals surface area contributed by atoms with Crippen molar-refractivity contribution in [1.82, 2.24) is 9.55 Å². The predicted octanol–water partition coefficient (Wildman–Crippen LogP) is 4.74. The molecule has 2 aromatic carbocycles. The molecular weight excluding hydrogens is 264 g/mol. The fraction of sp³-hybridized carbons (Fsp3) is 0.235. The zero-order chi connectivity index (χ0) is 13.8. The molecule has 3 rings (SSSR count). The monoisotopic (exact) mass is 282 g/mol. The summed E-state index contributed by atoms with van der Waals surface area (Å²) in [6.07, 6.45) is 1.12. The summed E-state index contributed by atoms with van der Waals surface area (Å²) in [5.74, 6) is 0.966. The largest absolute Gasteiger partial charge is 0.319 e. The van der Waals surface area contributed by atoms with Crippen molar-refractivity contribution < 1.29 is 0 Å². The summed E-state index contributed by atoms with van der Waals surface area (Å²) in [6, 6.07) is 19.0. The molecule has 3 heteroatoms. The van der Waals surface area contributed by atoms with Crippen molar-refractivity contribution >= 4 is 22.8 Å². The molecule has 0 aliphatic heterocycles. The Labute approximate surface area is 123 Å². The molecule has 102 valence electrons. The van der Waals surface area contributed by atoms with E-state index >= 15 is 0 Å². The minimum Gasteiger partial charge on any atom is -0.319 e. The number of rotatable bonds is 5. The van der Waals surface area contributed by atoms with E-state index in [0.717, 1.165) is 29.4 Å². The molecule has 1 aromatic heterocycles. The van der Waals surface area contributed by atoms with Crippen LogP contribution in [0.5, 0.6) is 0 Å². The van der Waals surface area contributed by atoms with Gasteiger partial charge < -0.3 is 4.57 Å². The fourth-order valence-electron chi connectivity index (χ4n) is 2.33. The average molecular weight is 282 g/mol. The minimum absolute atomic E-state index is 0.966. The van der Waals surface area contributed by atoms with Crippen molar-refractivity contribution in [3.63, 3.8) is 0 Å². The molecule has 20 heavy (non-hydrogen) atoms. The van der Waals surface area contributed by atoms with Crippen molar-refractivity contribution in [2.45, 2.75) is 30.8 Å². The summed E-state index contributed by atoms with van der Waals surface area (Å²) >= 11 is 1.82. The number of nitrogens with zero attached hydrogens (tertiary/aromatic N) is 2. The van der Waals surface area contributed by atoms with E-state index < -0.39 is 0 Å². The predicted molar refractivity (Wildman–Crippen MR) is 86.0 cm³/mol. The van der Waals surface area contributed by atoms with Crippen LogP contribution < -0.4 is 0 Å². The Morgan fingerprint density at radius 2 is 1.75 bits per heavy atom. The van der Waals surface area contributed by atoms with Gasteiger partial charge >= 0.3 is 0 Å². The number of aromatic nitrogens is 2. The topological polar surface area (TPSA) is 17.8 Å². The van der Waals surface area contributed by atoms with Crippen LogP contribution in [0.4, 0.5) is 0 Å². The van der Waals surface area contributed by atoms with E-state index in [1.54, 1.807) is 0 Å². The molecule has 0 N–H and O–H groups in total. The SMILES string of the molecule is CCCn1c(SCc2ccccc2)nc2ccccc21. The number of aryl methyl sites for hydroxylation is 1. The van der Waals surface area contributed by atoms with Gasteiger partial charge in [-0.1, -0.05) is 61.2 Å². The molecule has 0 fully saturated rings. The van der Waals surface area contributed by atoms with E-state index in [-0.39, 0.29) is 0 Å². The van der Waals surface area contributed by atoms with Gasteiger partial charge in [-0.25, -0.2) is 4.98 Å². The number of hydrogen-bond acceptors (Lipinski definition) is 2. The Morgan fingerprint density at radius 3 is 2.55 bits per heavy atom. The quantitative estimate of drug-likeness (QED) is 0.629. The molecule has 1 heterocycles. The van der Waals surface area contributed by atoms with Crippen LogP contribution in [0.1, 0.15) is 18.9 Å². The highest BCUT2D eigenvalue weighted by Gasteiger charge is 2.10. The molecule has 0 radical (unpaired) electrons. The van der Waals surface area contributed by atoms with Crippen molar-refractivity contribution in [3.8, 4) is 0 Å².